The Balaban J connectivity index is 1.99. The minimum atomic E-state index is -2.38. The zero-order valence-electron chi connectivity index (χ0n) is 35.1. The maximum absolute atomic E-state index is 12.4. The summed E-state index contributed by atoms with van der Waals surface area (Å²) in [6.45, 7) is 11.6. The number of alkyl halides is 3. The van der Waals surface area contributed by atoms with E-state index in [1.165, 1.54) is 6.92 Å². The summed E-state index contributed by atoms with van der Waals surface area (Å²) in [6.07, 6.45) is -15.6. The van der Waals surface area contributed by atoms with Gasteiger partial charge in [-0.2, -0.15) is 0 Å². The third-order valence-corrected chi connectivity index (χ3v) is 10.1. The lowest BCUT2D eigenvalue weighted by molar-refractivity contribution is -0.331. The van der Waals surface area contributed by atoms with Gasteiger partial charge in [0, 0.05) is 66.2 Å². The van der Waals surface area contributed by atoms with Crippen LogP contribution in [0.5, 0.6) is 0 Å². The topological polar surface area (TPSA) is 263 Å². The summed E-state index contributed by atoms with van der Waals surface area (Å²) < 4.78 is 72.3. The highest BCUT2D eigenvalue weighted by molar-refractivity contribution is 6.76. The Morgan fingerprint density at radius 2 is 0.721 bits per heavy atom. The second-order valence-electron chi connectivity index (χ2n) is 14.6. The molecule has 0 aromatic rings. The van der Waals surface area contributed by atoms with E-state index in [9.17, 15) is 33.6 Å². The van der Waals surface area contributed by atoms with Crippen LogP contribution >= 0.6 is 34.8 Å². The smallest absolute Gasteiger partial charge is 0.303 e. The van der Waals surface area contributed by atoms with Gasteiger partial charge >= 0.3 is 41.8 Å². The van der Waals surface area contributed by atoms with Gasteiger partial charge in [-0.1, -0.05) is 55.6 Å². The number of halogens is 3. The third-order valence-electron chi connectivity index (χ3n) is 9.62. The van der Waals surface area contributed by atoms with Crippen LogP contribution < -0.4 is 0 Å². The third kappa shape index (κ3) is 15.0. The summed E-state index contributed by atoms with van der Waals surface area (Å²) in [6, 6.07) is 0. The normalized spacial score (nSPS) is 33.8. The summed E-state index contributed by atoms with van der Waals surface area (Å²) >= 11 is 17.5. The quantitative estimate of drug-likeness (QED) is 0.0813. The molecule has 21 nitrogen and oxygen atoms in total. The second kappa shape index (κ2) is 22.7. The lowest BCUT2D eigenvalue weighted by Gasteiger charge is -2.47. The van der Waals surface area contributed by atoms with E-state index in [1.54, 1.807) is 20.8 Å². The van der Waals surface area contributed by atoms with Gasteiger partial charge in [0.15, 0.2) is 24.8 Å². The van der Waals surface area contributed by atoms with Gasteiger partial charge in [-0.3, -0.25) is 39.0 Å². The lowest BCUT2D eigenvalue weighted by atomic mass is 9.89. The number of nitrogens with one attached hydrogen (secondary N) is 1. The van der Waals surface area contributed by atoms with Crippen molar-refractivity contribution < 1.29 is 95.1 Å². The number of ether oxygens (including phenoxy) is 13. The molecule has 3 heterocycles. The van der Waals surface area contributed by atoms with Gasteiger partial charge in [-0.15, -0.1) is 0 Å². The minimum absolute atomic E-state index is 0.273. The lowest BCUT2D eigenvalue weighted by Crippen LogP contribution is -2.61. The average Bonchev–Trinajstić information content (AvgIpc) is 3.12. The van der Waals surface area contributed by atoms with Gasteiger partial charge in [-0.05, 0) is 0 Å². The number of carbonyl (C=O) groups is 7. The Hall–Kier alpha value is -3.57. The molecule has 3 saturated heterocycles. The van der Waals surface area contributed by atoms with Crippen LogP contribution in [0.3, 0.4) is 0 Å². The van der Waals surface area contributed by atoms with Gasteiger partial charge in [0.25, 0.3) is 3.79 Å². The fourth-order valence-electron chi connectivity index (χ4n) is 6.86. The van der Waals surface area contributed by atoms with Crippen LogP contribution in [0.25, 0.3) is 0 Å². The molecule has 0 aromatic heterocycles. The molecule has 3 rings (SSSR count). The fourth-order valence-corrected chi connectivity index (χ4v) is 6.99. The maximum Gasteiger partial charge on any atom is 0.303 e. The standard InChI is InChI=1S/C37H52Cl3NO20/c1-14-24(11-49-17(4)42)58-33(30(55-21(8)46)27(14)52-18(5)43)50-12-25-15(2)28(53-19(6)44)31(56-22(9)47)34(59-25)51-13-26-16(3)29(54-20(7)45)32(57-23(10)48)35(60-26)61-36(41)37(38,39)40/h14-16,24-35,41H,11-13H2,1-10H3/t14-,15-,16-,24-,25-,26-,27+,28+,29+,30?,31-,32-,33-,34-,35?/m1/s1. The van der Waals surface area contributed by atoms with Crippen LogP contribution in [0.15, 0.2) is 0 Å². The summed E-state index contributed by atoms with van der Waals surface area (Å²) in [5.74, 6) is -8.48. The molecule has 61 heavy (non-hydrogen) atoms. The first-order valence-corrected chi connectivity index (χ1v) is 20.1. The van der Waals surface area contributed by atoms with Crippen LogP contribution in [-0.2, 0) is 95.1 Å². The Bertz CT molecular complexity index is 1610. The van der Waals surface area contributed by atoms with E-state index in [0.717, 1.165) is 41.5 Å². The molecule has 0 aliphatic carbocycles. The highest BCUT2D eigenvalue weighted by Crippen LogP contribution is 2.38. The SMILES string of the molecule is CC(=O)OC[C@H]1O[C@@H](OC[C@H]2O[C@@H](OC[C@H]3OC(OC(=N)C(Cl)(Cl)Cl)[C@H](OC(C)=O)[C@@H](OC(C)=O)[C@@H]3C)[C@H](OC(C)=O)[C@@H](OC(C)=O)[C@@H]2C)C(OC(C)=O)[C@@H](OC(C)=O)[C@@H]1C. The molecule has 3 aliphatic heterocycles. The van der Waals surface area contributed by atoms with E-state index in [1.807, 2.05) is 0 Å². The van der Waals surface area contributed by atoms with Crippen LogP contribution in [0.2, 0.25) is 0 Å². The molecule has 0 aromatic carbocycles. The maximum atomic E-state index is 12.4. The van der Waals surface area contributed by atoms with E-state index >= 15 is 0 Å². The van der Waals surface area contributed by atoms with Crippen molar-refractivity contribution in [3.8, 4) is 0 Å². The molecule has 24 heteroatoms. The number of carbonyl (C=O) groups excluding carboxylic acids is 7. The largest absolute Gasteiger partial charge is 0.463 e. The molecule has 0 spiro atoms. The van der Waals surface area contributed by atoms with Gasteiger partial charge in [-0.25, -0.2) is 0 Å². The van der Waals surface area contributed by atoms with E-state index in [-0.39, 0.29) is 6.61 Å². The fraction of sp³-hybridized carbons (Fsp3) is 0.784. The molecule has 15 atom stereocenters. The average molecular weight is 937 g/mol. The molecule has 3 aliphatic rings. The number of esters is 7. The van der Waals surface area contributed by atoms with Crippen LogP contribution in [0, 0.1) is 23.2 Å². The van der Waals surface area contributed by atoms with Crippen molar-refractivity contribution in [3.05, 3.63) is 0 Å². The van der Waals surface area contributed by atoms with E-state index in [4.69, 9.17) is 102 Å². The van der Waals surface area contributed by atoms with Crippen molar-refractivity contribution >= 4 is 82.5 Å². The summed E-state index contributed by atoms with van der Waals surface area (Å²) in [5, 5.41) is 8.13. The van der Waals surface area contributed by atoms with Gasteiger partial charge < -0.3 is 61.6 Å². The molecule has 0 saturated carbocycles. The monoisotopic (exact) mass is 935 g/mol. The Kier molecular flexibility index (Phi) is 19.3. The molecular formula is C37H52Cl3NO20. The first-order chi connectivity index (χ1) is 28.3. The van der Waals surface area contributed by atoms with Crippen molar-refractivity contribution in [1.82, 2.24) is 0 Å². The van der Waals surface area contributed by atoms with Crippen molar-refractivity contribution in [2.24, 2.45) is 17.8 Å². The van der Waals surface area contributed by atoms with Gasteiger partial charge in [0.2, 0.25) is 18.3 Å². The van der Waals surface area contributed by atoms with Crippen molar-refractivity contribution in [2.45, 2.75) is 147 Å². The molecule has 0 bridgehead atoms. The summed E-state index contributed by atoms with van der Waals surface area (Å²) in [4.78, 5) is 85.4. The molecule has 3 fully saturated rings. The highest BCUT2D eigenvalue weighted by Gasteiger charge is 2.54. The van der Waals surface area contributed by atoms with Crippen molar-refractivity contribution in [1.29, 1.82) is 5.41 Å². The molecule has 1 N–H and O–H groups in total. The Morgan fingerprint density at radius 1 is 0.443 bits per heavy atom. The highest BCUT2D eigenvalue weighted by atomic mass is 35.6. The first-order valence-electron chi connectivity index (χ1n) is 19.0. The van der Waals surface area contributed by atoms with Crippen LogP contribution in [0.1, 0.15) is 69.2 Å². The van der Waals surface area contributed by atoms with Crippen LogP contribution in [0.4, 0.5) is 0 Å². The van der Waals surface area contributed by atoms with Gasteiger partial charge in [0.1, 0.15) is 31.0 Å². The second-order valence-corrected chi connectivity index (χ2v) is 16.8. The Morgan fingerprint density at radius 3 is 1.02 bits per heavy atom. The Labute approximate surface area is 366 Å². The van der Waals surface area contributed by atoms with E-state index < -0.39 is 156 Å². The number of hydrogen-bond donors (Lipinski definition) is 1. The summed E-state index contributed by atoms with van der Waals surface area (Å²) in [7, 11) is 0. The van der Waals surface area contributed by atoms with Crippen molar-refractivity contribution in [2.75, 3.05) is 19.8 Å². The summed E-state index contributed by atoms with van der Waals surface area (Å²) in [5.41, 5.74) is 0. The molecule has 346 valence electrons. The van der Waals surface area contributed by atoms with E-state index in [2.05, 4.69) is 0 Å². The minimum Gasteiger partial charge on any atom is -0.463 e. The number of rotatable bonds is 15. The first kappa shape index (κ1) is 51.8. The predicted octanol–water partition coefficient (Wildman–Crippen LogP) is 2.62. The van der Waals surface area contributed by atoms with Crippen molar-refractivity contribution in [3.63, 3.8) is 0 Å². The molecule has 2 unspecified atom stereocenters. The molecule has 0 amide bonds. The van der Waals surface area contributed by atoms with Gasteiger partial charge in [0.05, 0.1) is 25.4 Å². The molecular weight excluding hydrogens is 885 g/mol. The predicted molar refractivity (Wildman–Crippen MR) is 204 cm³/mol. The van der Waals surface area contributed by atoms with E-state index in [0.29, 0.717) is 0 Å². The molecule has 0 radical (unpaired) electrons. The number of hydrogen-bond acceptors (Lipinski definition) is 21. The zero-order chi connectivity index (χ0) is 46.1. The van der Waals surface area contributed by atoms with Crippen LogP contribution in [-0.4, -0.2) is 145 Å². The zero-order valence-corrected chi connectivity index (χ0v) is 37.3.